The van der Waals surface area contributed by atoms with E-state index in [1.807, 2.05) is 0 Å². The summed E-state index contributed by atoms with van der Waals surface area (Å²) in [6.07, 6.45) is 0.402. The molecule has 0 aromatic carbocycles. The molecule has 0 aliphatic rings. The van der Waals surface area contributed by atoms with E-state index in [4.69, 9.17) is 50.2 Å². The van der Waals surface area contributed by atoms with E-state index in [0.717, 1.165) is 0 Å². The van der Waals surface area contributed by atoms with E-state index < -0.39 is 3.79 Å². The van der Waals surface area contributed by atoms with Crippen molar-refractivity contribution in [2.75, 3.05) is 5.88 Å². The Morgan fingerprint density at radius 2 is 1.56 bits per heavy atom. The maximum atomic E-state index is 8.28. The van der Waals surface area contributed by atoms with Gasteiger partial charge in [-0.15, -0.1) is 11.6 Å². The minimum absolute atomic E-state index is 0.385. The van der Waals surface area contributed by atoms with Gasteiger partial charge in [0.25, 0.3) is 0 Å². The average Bonchev–Trinajstić information content (AvgIpc) is 1.69. The third kappa shape index (κ3) is 17.7. The standard InChI is InChI=1S/C3H4Cl4.Al.O.H/c4-2-1-3(5,6)7;;;/h1-2H2;;;. The van der Waals surface area contributed by atoms with Crippen LogP contribution in [-0.4, -0.2) is 25.9 Å². The maximum absolute atomic E-state index is 8.28. The van der Waals surface area contributed by atoms with Crippen LogP contribution >= 0.6 is 46.4 Å². The van der Waals surface area contributed by atoms with Crippen molar-refractivity contribution in [2.45, 2.75) is 10.2 Å². The normalized spacial score (nSPS) is 9.67. The van der Waals surface area contributed by atoms with E-state index in [1.165, 1.54) is 0 Å². The predicted octanol–water partition coefficient (Wildman–Crippen LogP) is 2.22. The Hall–Kier alpha value is 1.49. The van der Waals surface area contributed by atoms with Crippen LogP contribution in [0.25, 0.3) is 0 Å². The van der Waals surface area contributed by atoms with E-state index in [2.05, 4.69) is 0 Å². The second-order valence-electron chi connectivity index (χ2n) is 1.05. The molecular weight excluding hydrogens is 221 g/mol. The molecule has 0 bridgehead atoms. The van der Waals surface area contributed by atoms with Crippen LogP contribution in [0.3, 0.4) is 0 Å². The molecule has 9 heavy (non-hydrogen) atoms. The van der Waals surface area contributed by atoms with Crippen LogP contribution in [0.1, 0.15) is 6.42 Å². The second kappa shape index (κ2) is 7.60. The molecule has 0 spiro atoms. The van der Waals surface area contributed by atoms with Crippen LogP contribution in [0.15, 0.2) is 0 Å². The number of hydrogen-bond donors (Lipinski definition) is 0. The van der Waals surface area contributed by atoms with Crippen LogP contribution in [0.2, 0.25) is 0 Å². The molecule has 0 aromatic rings. The Morgan fingerprint density at radius 3 is 1.56 bits per heavy atom. The molecule has 0 heterocycles. The molecule has 0 saturated heterocycles. The summed E-state index contributed by atoms with van der Waals surface area (Å²) in [6.45, 7) is 0. The van der Waals surface area contributed by atoms with E-state index in [0.29, 0.717) is 28.5 Å². The van der Waals surface area contributed by atoms with E-state index in [9.17, 15) is 0 Å². The van der Waals surface area contributed by atoms with Crippen LogP contribution in [0, 0.1) is 0 Å². The Kier molecular flexibility index (Phi) is 11.1. The first kappa shape index (κ1) is 13.1. The zero-order valence-corrected chi connectivity index (χ0v) is 8.98. The fourth-order valence-corrected chi connectivity index (χ4v) is 0.964. The Bertz CT molecular complexity index is 63.3. The van der Waals surface area contributed by atoms with Gasteiger partial charge >= 0.3 is 20.0 Å². The summed E-state index contributed by atoms with van der Waals surface area (Å²) in [6, 6.07) is 0. The summed E-state index contributed by atoms with van der Waals surface area (Å²) in [7, 11) is 0. The predicted molar refractivity (Wildman–Crippen MR) is 43.5 cm³/mol. The van der Waals surface area contributed by atoms with Crippen molar-refractivity contribution >= 4 is 62.6 Å². The molecule has 54 valence electrons. The number of rotatable bonds is 1. The van der Waals surface area contributed by atoms with E-state index in [1.54, 1.807) is 0 Å². The van der Waals surface area contributed by atoms with Gasteiger partial charge in [0, 0.05) is 12.3 Å². The van der Waals surface area contributed by atoms with Gasteiger partial charge in [0.05, 0.1) is 0 Å². The zero-order chi connectivity index (χ0) is 7.91. The molecule has 6 heteroatoms. The molecule has 0 atom stereocenters. The van der Waals surface area contributed by atoms with Gasteiger partial charge in [-0.25, -0.2) is 0 Å². The number of halogens is 4. The fourth-order valence-electron chi connectivity index (χ4n) is 0.107. The Labute approximate surface area is 82.2 Å². The van der Waals surface area contributed by atoms with E-state index >= 15 is 0 Å². The van der Waals surface area contributed by atoms with Crippen molar-refractivity contribution in [1.82, 2.24) is 0 Å². The van der Waals surface area contributed by atoms with Gasteiger partial charge < -0.3 is 0 Å². The van der Waals surface area contributed by atoms with Gasteiger partial charge in [-0.05, 0) is 0 Å². The molecule has 0 unspecified atom stereocenters. The monoisotopic (exact) mass is 224 g/mol. The quantitative estimate of drug-likeness (QED) is 0.494. The molecular formula is C3H5AlCl4O. The number of hydrogen-bond acceptors (Lipinski definition) is 1. The molecule has 1 nitrogen and oxygen atoms in total. The van der Waals surface area contributed by atoms with Gasteiger partial charge in [-0.2, -0.15) is 0 Å². The first-order valence-corrected chi connectivity index (χ1v) is 4.22. The van der Waals surface area contributed by atoms with Gasteiger partial charge in [-0.3, -0.25) is 0 Å². The molecule has 0 radical (unpaired) electrons. The molecule has 0 aliphatic heterocycles. The summed E-state index contributed by atoms with van der Waals surface area (Å²) in [5, 5.41) is 0. The average molecular weight is 226 g/mol. The molecule has 0 N–H and O–H groups in total. The first-order chi connectivity index (χ1) is 4.06. The molecule has 0 aliphatic carbocycles. The van der Waals surface area contributed by atoms with Crippen molar-refractivity contribution < 1.29 is 3.80 Å². The van der Waals surface area contributed by atoms with Crippen molar-refractivity contribution in [3.8, 4) is 0 Å². The topological polar surface area (TPSA) is 17.1 Å². The SMILES string of the molecule is ClCCC(Cl)(Cl)Cl.[O]=[AlH]. The summed E-state index contributed by atoms with van der Waals surface area (Å²) in [5.41, 5.74) is 0. The summed E-state index contributed by atoms with van der Waals surface area (Å²) in [5.74, 6) is 0.385. The Balaban J connectivity index is 0. The molecule has 0 aromatic heterocycles. The van der Waals surface area contributed by atoms with Gasteiger partial charge in [0.2, 0.25) is 0 Å². The minimum atomic E-state index is -1.16. The van der Waals surface area contributed by atoms with Crippen LogP contribution in [0.5, 0.6) is 0 Å². The van der Waals surface area contributed by atoms with Crippen LogP contribution in [-0.2, 0) is 3.80 Å². The molecule has 0 fully saturated rings. The third-order valence-electron chi connectivity index (χ3n) is 0.378. The fraction of sp³-hybridized carbons (Fsp3) is 1.00. The molecule has 0 amide bonds. The van der Waals surface area contributed by atoms with Crippen molar-refractivity contribution in [3.63, 3.8) is 0 Å². The van der Waals surface area contributed by atoms with E-state index in [-0.39, 0.29) is 0 Å². The van der Waals surface area contributed by atoms with Gasteiger partial charge in [-0.1, -0.05) is 34.8 Å². The second-order valence-corrected chi connectivity index (χ2v) is 3.95. The summed E-state index contributed by atoms with van der Waals surface area (Å²) < 4.78 is 7.11. The van der Waals surface area contributed by atoms with Crippen molar-refractivity contribution in [1.29, 1.82) is 0 Å². The molecule has 0 rings (SSSR count). The zero-order valence-electron chi connectivity index (χ0n) is 4.54. The first-order valence-electron chi connectivity index (χ1n) is 1.98. The van der Waals surface area contributed by atoms with Crippen molar-refractivity contribution in [3.05, 3.63) is 0 Å². The summed E-state index contributed by atoms with van der Waals surface area (Å²) in [4.78, 5) is 0. The van der Waals surface area contributed by atoms with Crippen LogP contribution in [0.4, 0.5) is 0 Å². The van der Waals surface area contributed by atoms with Crippen molar-refractivity contribution in [2.24, 2.45) is 0 Å². The third-order valence-corrected chi connectivity index (χ3v) is 1.13. The van der Waals surface area contributed by atoms with Gasteiger partial charge in [0.1, 0.15) is 0 Å². The number of alkyl halides is 4. The summed E-state index contributed by atoms with van der Waals surface area (Å²) >= 11 is 21.7. The van der Waals surface area contributed by atoms with Gasteiger partial charge in [0.15, 0.2) is 3.79 Å². The van der Waals surface area contributed by atoms with Crippen LogP contribution < -0.4 is 0 Å². The Morgan fingerprint density at radius 1 is 1.22 bits per heavy atom. The molecule has 0 saturated carbocycles.